The molecule has 108 valence electrons. The molecule has 0 saturated heterocycles. The third kappa shape index (κ3) is 3.80. The van der Waals surface area contributed by atoms with E-state index in [1.54, 1.807) is 0 Å². The van der Waals surface area contributed by atoms with Gasteiger partial charge in [-0.1, -0.05) is 29.8 Å². The molecule has 2 aromatic rings. The van der Waals surface area contributed by atoms with Crippen molar-refractivity contribution < 1.29 is 13.2 Å². The fraction of sp³-hybridized carbons (Fsp3) is 0.357. The summed E-state index contributed by atoms with van der Waals surface area (Å²) in [5, 5.41) is -0.835. The first kappa shape index (κ1) is 15.0. The molecule has 6 heteroatoms. The molecule has 20 heavy (non-hydrogen) atoms. The third-order valence-corrected chi connectivity index (χ3v) is 4.17. The van der Waals surface area contributed by atoms with Crippen LogP contribution in [0.4, 0.5) is 13.2 Å². The fourth-order valence-electron chi connectivity index (χ4n) is 1.81. The molecule has 0 bridgehead atoms. The quantitative estimate of drug-likeness (QED) is 0.923. The number of halogens is 3. The van der Waals surface area contributed by atoms with E-state index in [0.29, 0.717) is 22.6 Å². The number of hydrogen-bond acceptors (Lipinski definition) is 3. The highest BCUT2D eigenvalue weighted by atomic mass is 32.1. The maximum atomic E-state index is 12.5. The number of nitrogens with two attached hydrogens (primary N) is 1. The first-order chi connectivity index (χ1) is 9.36. The van der Waals surface area contributed by atoms with Gasteiger partial charge in [0.2, 0.25) is 0 Å². The number of nitrogens with zero attached hydrogens (tertiary/aromatic N) is 1. The van der Waals surface area contributed by atoms with Crippen molar-refractivity contribution in [1.29, 1.82) is 0 Å². The molecule has 1 heterocycles. The average molecular weight is 300 g/mol. The number of aromatic nitrogens is 1. The predicted octanol–water partition coefficient (Wildman–Crippen LogP) is 4.10. The minimum atomic E-state index is -4.39. The molecule has 0 saturated carbocycles. The van der Waals surface area contributed by atoms with Gasteiger partial charge in [-0.3, -0.25) is 0 Å². The zero-order valence-corrected chi connectivity index (χ0v) is 11.8. The van der Waals surface area contributed by atoms with Crippen LogP contribution in [0.2, 0.25) is 0 Å². The van der Waals surface area contributed by atoms with Crippen molar-refractivity contribution in [2.45, 2.75) is 32.0 Å². The van der Waals surface area contributed by atoms with Crippen LogP contribution in [0.3, 0.4) is 0 Å². The molecule has 1 aromatic carbocycles. The Labute approximate surface area is 119 Å². The summed E-state index contributed by atoms with van der Waals surface area (Å²) < 4.78 is 37.4. The minimum absolute atomic E-state index is 0.412. The number of hydrogen-bond donors (Lipinski definition) is 1. The molecule has 0 radical (unpaired) electrons. The smallest absolute Gasteiger partial charge is 0.323 e. The van der Waals surface area contributed by atoms with Gasteiger partial charge in [-0.25, -0.2) is 4.98 Å². The van der Waals surface area contributed by atoms with E-state index in [4.69, 9.17) is 5.73 Å². The van der Waals surface area contributed by atoms with Gasteiger partial charge in [0.15, 0.2) is 5.01 Å². The second kappa shape index (κ2) is 5.93. The third-order valence-electron chi connectivity index (χ3n) is 3.00. The van der Waals surface area contributed by atoms with Crippen molar-refractivity contribution in [2.75, 3.05) is 0 Å². The van der Waals surface area contributed by atoms with Gasteiger partial charge < -0.3 is 5.73 Å². The van der Waals surface area contributed by atoms with Gasteiger partial charge in [0, 0.05) is 17.1 Å². The maximum absolute atomic E-state index is 12.5. The highest BCUT2D eigenvalue weighted by Crippen LogP contribution is 2.34. The summed E-state index contributed by atoms with van der Waals surface area (Å²) >= 11 is 0.624. The van der Waals surface area contributed by atoms with Crippen LogP contribution in [0.1, 0.15) is 33.5 Å². The normalized spacial score (nSPS) is 13.4. The number of thiazole rings is 1. The number of alkyl halides is 3. The minimum Gasteiger partial charge on any atom is -0.323 e. The Kier molecular flexibility index (Phi) is 4.45. The second-order valence-electron chi connectivity index (χ2n) is 4.70. The average Bonchev–Trinajstić information content (AvgIpc) is 2.87. The van der Waals surface area contributed by atoms with E-state index in [1.807, 2.05) is 31.2 Å². The van der Waals surface area contributed by atoms with E-state index in [-0.39, 0.29) is 0 Å². The standard InChI is InChI=1S/C14H15F3N2S/c1-9-2-4-10(5-3-9)6-7-11(18)12-8-19-13(20-12)14(15,16)17/h2-5,8,11H,6-7,18H2,1H3. The monoisotopic (exact) mass is 300 g/mol. The van der Waals surface area contributed by atoms with E-state index >= 15 is 0 Å². The lowest BCUT2D eigenvalue weighted by molar-refractivity contribution is -0.137. The highest BCUT2D eigenvalue weighted by Gasteiger charge is 2.34. The lowest BCUT2D eigenvalue weighted by Crippen LogP contribution is -2.09. The molecule has 2 nitrogen and oxygen atoms in total. The van der Waals surface area contributed by atoms with Crippen LogP contribution in [0.25, 0.3) is 0 Å². The molecule has 1 aromatic heterocycles. The summed E-state index contributed by atoms with van der Waals surface area (Å²) in [5.74, 6) is 0. The van der Waals surface area contributed by atoms with Crippen LogP contribution in [0.15, 0.2) is 30.5 Å². The largest absolute Gasteiger partial charge is 0.443 e. The summed E-state index contributed by atoms with van der Waals surface area (Å²) in [6.45, 7) is 2.01. The SMILES string of the molecule is Cc1ccc(CCC(N)c2cnc(C(F)(F)F)s2)cc1. The van der Waals surface area contributed by atoms with Crippen molar-refractivity contribution in [1.82, 2.24) is 4.98 Å². The molecular formula is C14H15F3N2S. The van der Waals surface area contributed by atoms with E-state index < -0.39 is 17.2 Å². The van der Waals surface area contributed by atoms with Crippen LogP contribution in [-0.4, -0.2) is 4.98 Å². The van der Waals surface area contributed by atoms with Gasteiger partial charge in [-0.15, -0.1) is 11.3 Å². The van der Waals surface area contributed by atoms with Crippen LogP contribution in [0.5, 0.6) is 0 Å². The summed E-state index contributed by atoms with van der Waals surface area (Å²) in [5.41, 5.74) is 8.24. The van der Waals surface area contributed by atoms with Crippen molar-refractivity contribution in [3.05, 3.63) is 51.5 Å². The lowest BCUT2D eigenvalue weighted by atomic mass is 10.0. The molecular weight excluding hydrogens is 285 g/mol. The number of rotatable bonds is 4. The first-order valence-electron chi connectivity index (χ1n) is 6.20. The molecule has 0 aliphatic rings. The fourth-order valence-corrected chi connectivity index (χ4v) is 2.63. The zero-order valence-electron chi connectivity index (χ0n) is 10.9. The Morgan fingerprint density at radius 3 is 2.45 bits per heavy atom. The Bertz CT molecular complexity index is 561. The van der Waals surface area contributed by atoms with E-state index in [2.05, 4.69) is 4.98 Å². The Balaban J connectivity index is 1.96. The number of benzene rings is 1. The van der Waals surface area contributed by atoms with Crippen molar-refractivity contribution in [3.63, 3.8) is 0 Å². The van der Waals surface area contributed by atoms with E-state index in [9.17, 15) is 13.2 Å². The molecule has 0 aliphatic carbocycles. The first-order valence-corrected chi connectivity index (χ1v) is 7.02. The van der Waals surface area contributed by atoms with Crippen LogP contribution < -0.4 is 5.73 Å². The molecule has 0 amide bonds. The van der Waals surface area contributed by atoms with Gasteiger partial charge in [0.25, 0.3) is 0 Å². The Morgan fingerprint density at radius 2 is 1.90 bits per heavy atom. The lowest BCUT2D eigenvalue weighted by Gasteiger charge is -2.09. The van der Waals surface area contributed by atoms with Gasteiger partial charge in [0.05, 0.1) is 0 Å². The summed E-state index contributed by atoms with van der Waals surface area (Å²) in [6, 6.07) is 7.63. The molecule has 0 aliphatic heterocycles. The summed E-state index contributed by atoms with van der Waals surface area (Å²) in [6.07, 6.45) is -1.82. The zero-order chi connectivity index (χ0) is 14.8. The van der Waals surface area contributed by atoms with Crippen LogP contribution >= 0.6 is 11.3 Å². The maximum Gasteiger partial charge on any atom is 0.443 e. The van der Waals surface area contributed by atoms with Gasteiger partial charge in [-0.05, 0) is 25.3 Å². The molecule has 1 atom stereocenters. The van der Waals surface area contributed by atoms with E-state index in [0.717, 1.165) is 12.0 Å². The topological polar surface area (TPSA) is 38.9 Å². The van der Waals surface area contributed by atoms with Crippen LogP contribution in [0, 0.1) is 6.92 Å². The van der Waals surface area contributed by atoms with E-state index in [1.165, 1.54) is 11.8 Å². The van der Waals surface area contributed by atoms with Crippen molar-refractivity contribution in [2.24, 2.45) is 5.73 Å². The summed E-state index contributed by atoms with van der Waals surface area (Å²) in [4.78, 5) is 3.86. The van der Waals surface area contributed by atoms with Gasteiger partial charge >= 0.3 is 6.18 Å². The highest BCUT2D eigenvalue weighted by molar-refractivity contribution is 7.11. The second-order valence-corrected chi connectivity index (χ2v) is 5.76. The Morgan fingerprint density at radius 1 is 1.25 bits per heavy atom. The molecule has 0 spiro atoms. The summed E-state index contributed by atoms with van der Waals surface area (Å²) in [7, 11) is 0. The van der Waals surface area contributed by atoms with Crippen molar-refractivity contribution >= 4 is 11.3 Å². The molecule has 1 unspecified atom stereocenters. The molecule has 0 fully saturated rings. The predicted molar refractivity (Wildman–Crippen MR) is 73.5 cm³/mol. The van der Waals surface area contributed by atoms with Gasteiger partial charge in [0.1, 0.15) is 0 Å². The van der Waals surface area contributed by atoms with Gasteiger partial charge in [-0.2, -0.15) is 13.2 Å². The molecule has 2 N–H and O–H groups in total. The Hall–Kier alpha value is -1.40. The van der Waals surface area contributed by atoms with Crippen molar-refractivity contribution in [3.8, 4) is 0 Å². The molecule has 2 rings (SSSR count). The number of aryl methyl sites for hydroxylation is 2. The van der Waals surface area contributed by atoms with Crippen LogP contribution in [-0.2, 0) is 12.6 Å².